The highest BCUT2D eigenvalue weighted by Gasteiger charge is 2.19. The maximum Gasteiger partial charge on any atom is 0.320 e. The molecule has 0 aliphatic heterocycles. The Morgan fingerprint density at radius 3 is 2.38 bits per heavy atom. The third-order valence-electron chi connectivity index (χ3n) is 2.75. The fourth-order valence-electron chi connectivity index (χ4n) is 1.80. The zero-order chi connectivity index (χ0) is 16.2. The van der Waals surface area contributed by atoms with Gasteiger partial charge in [-0.05, 0) is 31.5 Å². The van der Waals surface area contributed by atoms with Gasteiger partial charge >= 0.3 is 16.1 Å². The molecule has 118 valence electrons. The Hall–Kier alpha value is -1.76. The third kappa shape index (κ3) is 5.63. The van der Waals surface area contributed by atoms with E-state index in [0.29, 0.717) is 6.54 Å². The van der Waals surface area contributed by atoms with Gasteiger partial charge in [-0.1, -0.05) is 12.1 Å². The molecule has 1 aromatic rings. The first-order valence-electron chi connectivity index (χ1n) is 6.56. The first-order valence-corrected chi connectivity index (χ1v) is 8.38. The summed E-state index contributed by atoms with van der Waals surface area (Å²) in [6, 6.07) is 6.65. The summed E-state index contributed by atoms with van der Waals surface area (Å²) < 4.78 is 27.1. The smallest absolute Gasteiger partial charge is 0.320 e. The number of carbonyl (C=O) groups excluding carboxylic acids is 1. The normalized spacial score (nSPS) is 11.3. The molecule has 0 saturated carbocycles. The summed E-state index contributed by atoms with van der Waals surface area (Å²) in [6.45, 7) is 4.24. The van der Waals surface area contributed by atoms with E-state index in [2.05, 4.69) is 0 Å². The summed E-state index contributed by atoms with van der Waals surface area (Å²) in [5.41, 5.74) is 0.806. The summed E-state index contributed by atoms with van der Waals surface area (Å²) >= 11 is 0. The van der Waals surface area contributed by atoms with Crippen molar-refractivity contribution in [3.05, 3.63) is 29.8 Å². The minimum Gasteiger partial charge on any atom is -0.383 e. The van der Waals surface area contributed by atoms with Gasteiger partial charge in [0.15, 0.2) is 0 Å². The molecule has 0 aliphatic rings. The molecule has 0 spiro atoms. The maximum absolute atomic E-state index is 12.1. The van der Waals surface area contributed by atoms with E-state index in [1.165, 1.54) is 4.90 Å². The molecule has 2 amide bonds. The summed E-state index contributed by atoms with van der Waals surface area (Å²) in [5, 5.41) is 0. The van der Waals surface area contributed by atoms with Crippen LogP contribution in [0.2, 0.25) is 0 Å². The number of nitrogens with zero attached hydrogens (tertiary/aromatic N) is 2. The van der Waals surface area contributed by atoms with Crippen molar-refractivity contribution in [1.82, 2.24) is 9.80 Å². The second kappa shape index (κ2) is 6.80. The van der Waals surface area contributed by atoms with Gasteiger partial charge in [-0.25, -0.2) is 4.79 Å². The average Bonchev–Trinajstić information content (AvgIpc) is 2.33. The fraction of sp³-hybridized carbons (Fsp3) is 0.500. The second-order valence-corrected chi connectivity index (χ2v) is 6.91. The minimum absolute atomic E-state index is 0.0272. The van der Waals surface area contributed by atoms with E-state index < -0.39 is 10.1 Å². The molecule has 0 aromatic heterocycles. The number of hydrogen-bond acceptors (Lipinski definition) is 4. The summed E-state index contributed by atoms with van der Waals surface area (Å²) in [6.07, 6.45) is 0.996. The van der Waals surface area contributed by atoms with Crippen LogP contribution in [-0.2, 0) is 16.7 Å². The Balaban J connectivity index is 2.95. The Kier molecular flexibility index (Phi) is 5.60. The predicted molar refractivity (Wildman–Crippen MR) is 81.7 cm³/mol. The predicted octanol–water partition coefficient (Wildman–Crippen LogP) is 1.92. The van der Waals surface area contributed by atoms with E-state index in [4.69, 9.17) is 4.18 Å². The van der Waals surface area contributed by atoms with Crippen LogP contribution in [0.25, 0.3) is 0 Å². The largest absolute Gasteiger partial charge is 0.383 e. The molecule has 0 unspecified atom stereocenters. The average molecular weight is 314 g/mol. The van der Waals surface area contributed by atoms with Crippen molar-refractivity contribution in [3.8, 4) is 5.75 Å². The van der Waals surface area contributed by atoms with Gasteiger partial charge in [0, 0.05) is 26.7 Å². The molecular weight excluding hydrogens is 292 g/mol. The molecule has 0 N–H and O–H groups in total. The lowest BCUT2D eigenvalue weighted by atomic mass is 10.2. The molecule has 0 aliphatic carbocycles. The van der Waals surface area contributed by atoms with Crippen molar-refractivity contribution >= 4 is 16.1 Å². The first-order chi connectivity index (χ1) is 9.60. The molecule has 7 heteroatoms. The monoisotopic (exact) mass is 314 g/mol. The lowest BCUT2D eigenvalue weighted by molar-refractivity contribution is 0.153. The lowest BCUT2D eigenvalue weighted by Gasteiger charge is -2.29. The standard InChI is InChI=1S/C14H22N2O4S/c1-11(2)16(14(17)15(3)4)10-12-7-6-8-13(9-12)20-21(5,18)19/h6-9,11H,10H2,1-5H3. The quantitative estimate of drug-likeness (QED) is 0.779. The Morgan fingerprint density at radius 1 is 1.29 bits per heavy atom. The summed E-state index contributed by atoms with van der Waals surface area (Å²) in [5.74, 6) is 0.246. The van der Waals surface area contributed by atoms with Gasteiger partial charge in [0.1, 0.15) is 5.75 Å². The number of benzene rings is 1. The number of rotatable bonds is 5. The number of carbonyl (C=O) groups is 1. The zero-order valence-electron chi connectivity index (χ0n) is 13.0. The van der Waals surface area contributed by atoms with Gasteiger partial charge in [0.25, 0.3) is 0 Å². The Morgan fingerprint density at radius 2 is 1.90 bits per heavy atom. The fourth-order valence-corrected chi connectivity index (χ4v) is 2.25. The van der Waals surface area contributed by atoms with Crippen LogP contribution in [0.3, 0.4) is 0 Å². The first kappa shape index (κ1) is 17.3. The van der Waals surface area contributed by atoms with E-state index >= 15 is 0 Å². The molecular formula is C14H22N2O4S. The van der Waals surface area contributed by atoms with Crippen molar-refractivity contribution in [2.24, 2.45) is 0 Å². The van der Waals surface area contributed by atoms with Crippen molar-refractivity contribution in [2.75, 3.05) is 20.4 Å². The Labute approximate surface area is 126 Å². The van der Waals surface area contributed by atoms with Gasteiger partial charge < -0.3 is 14.0 Å². The van der Waals surface area contributed by atoms with Crippen LogP contribution in [0.4, 0.5) is 4.79 Å². The summed E-state index contributed by atoms with van der Waals surface area (Å²) in [4.78, 5) is 15.3. The number of amides is 2. The van der Waals surface area contributed by atoms with Crippen LogP contribution >= 0.6 is 0 Å². The van der Waals surface area contributed by atoms with E-state index in [9.17, 15) is 13.2 Å². The maximum atomic E-state index is 12.1. The third-order valence-corrected chi connectivity index (χ3v) is 3.25. The molecule has 0 heterocycles. The van der Waals surface area contributed by atoms with Crippen molar-refractivity contribution in [3.63, 3.8) is 0 Å². The van der Waals surface area contributed by atoms with Gasteiger partial charge in [-0.15, -0.1) is 0 Å². The topological polar surface area (TPSA) is 66.9 Å². The highest BCUT2D eigenvalue weighted by molar-refractivity contribution is 7.86. The highest BCUT2D eigenvalue weighted by atomic mass is 32.2. The van der Waals surface area contributed by atoms with E-state index in [0.717, 1.165) is 11.8 Å². The van der Waals surface area contributed by atoms with Crippen LogP contribution in [0.15, 0.2) is 24.3 Å². The molecule has 1 aromatic carbocycles. The molecule has 0 fully saturated rings. The Bertz CT molecular complexity index is 597. The molecule has 0 saturated heterocycles. The zero-order valence-corrected chi connectivity index (χ0v) is 13.8. The number of hydrogen-bond donors (Lipinski definition) is 0. The molecule has 0 atom stereocenters. The van der Waals surface area contributed by atoms with Gasteiger partial charge in [-0.2, -0.15) is 8.42 Å². The van der Waals surface area contributed by atoms with E-state index in [1.54, 1.807) is 37.2 Å². The van der Waals surface area contributed by atoms with E-state index in [-0.39, 0.29) is 17.8 Å². The molecule has 0 radical (unpaired) electrons. The lowest BCUT2D eigenvalue weighted by Crippen LogP contribution is -2.42. The van der Waals surface area contributed by atoms with Crippen LogP contribution in [-0.4, -0.2) is 50.6 Å². The van der Waals surface area contributed by atoms with Gasteiger partial charge in [-0.3, -0.25) is 0 Å². The summed E-state index contributed by atoms with van der Waals surface area (Å²) in [7, 11) is -0.167. The van der Waals surface area contributed by atoms with Crippen LogP contribution < -0.4 is 4.18 Å². The van der Waals surface area contributed by atoms with Crippen LogP contribution in [0, 0.1) is 0 Å². The van der Waals surface area contributed by atoms with Crippen molar-refractivity contribution in [1.29, 1.82) is 0 Å². The van der Waals surface area contributed by atoms with Crippen LogP contribution in [0.1, 0.15) is 19.4 Å². The van der Waals surface area contributed by atoms with Gasteiger partial charge in [0.2, 0.25) is 0 Å². The van der Waals surface area contributed by atoms with Crippen LogP contribution in [0.5, 0.6) is 5.75 Å². The van der Waals surface area contributed by atoms with Crippen molar-refractivity contribution in [2.45, 2.75) is 26.4 Å². The molecule has 0 bridgehead atoms. The van der Waals surface area contributed by atoms with E-state index in [1.807, 2.05) is 19.9 Å². The SMILES string of the molecule is CC(C)N(Cc1cccc(OS(C)(=O)=O)c1)C(=O)N(C)C. The molecule has 21 heavy (non-hydrogen) atoms. The highest BCUT2D eigenvalue weighted by Crippen LogP contribution is 2.18. The molecule has 1 rings (SSSR count). The van der Waals surface area contributed by atoms with Crippen molar-refractivity contribution < 1.29 is 17.4 Å². The number of urea groups is 1. The minimum atomic E-state index is -3.56. The second-order valence-electron chi connectivity index (χ2n) is 5.33. The molecule has 6 nitrogen and oxygen atoms in total. The van der Waals surface area contributed by atoms with Gasteiger partial charge in [0.05, 0.1) is 6.26 Å².